The molecule has 6 nitrogen and oxygen atoms in total. The minimum atomic E-state index is 0.476. The third-order valence-electron chi connectivity index (χ3n) is 3.22. The molecule has 0 saturated carbocycles. The van der Waals surface area contributed by atoms with Crippen molar-refractivity contribution in [1.29, 1.82) is 0 Å². The zero-order valence-electron chi connectivity index (χ0n) is 11.7. The second-order valence-corrected chi connectivity index (χ2v) is 5.77. The van der Waals surface area contributed by atoms with Crippen molar-refractivity contribution in [2.45, 2.75) is 13.0 Å². The first-order valence-electron chi connectivity index (χ1n) is 6.80. The summed E-state index contributed by atoms with van der Waals surface area (Å²) in [6.07, 6.45) is 1.09. The quantitative estimate of drug-likeness (QED) is 0.920. The molecule has 0 amide bonds. The third kappa shape index (κ3) is 3.41. The molecule has 1 aromatic carbocycles. The molecule has 0 bridgehead atoms. The zero-order chi connectivity index (χ0) is 14.7. The molecule has 0 atom stereocenters. The summed E-state index contributed by atoms with van der Waals surface area (Å²) in [5, 5.41) is 7.24. The average molecular weight is 350 g/mol. The molecule has 1 aromatic heterocycles. The molecule has 1 aliphatic rings. The van der Waals surface area contributed by atoms with Gasteiger partial charge in [-0.3, -0.25) is 4.99 Å². The Hall–Kier alpha value is -1.89. The van der Waals surface area contributed by atoms with Crippen LogP contribution in [0.1, 0.15) is 12.3 Å². The smallest absolute Gasteiger partial charge is 0.246 e. The summed E-state index contributed by atoms with van der Waals surface area (Å²) in [4.78, 5) is 10.9. The minimum absolute atomic E-state index is 0.476. The Morgan fingerprint density at radius 2 is 2.33 bits per heavy atom. The Kier molecular flexibility index (Phi) is 4.19. The number of aromatic nitrogens is 2. The topological polar surface area (TPSA) is 66.5 Å². The van der Waals surface area contributed by atoms with Crippen LogP contribution in [0, 0.1) is 0 Å². The van der Waals surface area contributed by atoms with Crippen LogP contribution >= 0.6 is 15.9 Å². The van der Waals surface area contributed by atoms with Gasteiger partial charge in [-0.2, -0.15) is 4.98 Å². The summed E-state index contributed by atoms with van der Waals surface area (Å²) in [6, 6.07) is 7.81. The first-order chi connectivity index (χ1) is 10.2. The van der Waals surface area contributed by atoms with Crippen LogP contribution < -0.4 is 5.32 Å². The largest absolute Gasteiger partial charge is 0.347 e. The highest BCUT2D eigenvalue weighted by Crippen LogP contribution is 2.20. The number of halogens is 1. The van der Waals surface area contributed by atoms with Crippen LogP contribution in [0.2, 0.25) is 0 Å². The lowest BCUT2D eigenvalue weighted by atomic mass is 10.2. The van der Waals surface area contributed by atoms with Crippen molar-refractivity contribution in [3.05, 3.63) is 34.6 Å². The fraction of sp³-hybridized carbons (Fsp3) is 0.357. The molecule has 0 fully saturated rings. The summed E-state index contributed by atoms with van der Waals surface area (Å²) in [6.45, 7) is 2.35. The lowest BCUT2D eigenvalue weighted by molar-refractivity contribution is 0.370. The predicted octanol–water partition coefficient (Wildman–Crippen LogP) is 2.28. The van der Waals surface area contributed by atoms with Gasteiger partial charge in [0, 0.05) is 30.2 Å². The Morgan fingerprint density at radius 3 is 3.14 bits per heavy atom. The van der Waals surface area contributed by atoms with Gasteiger partial charge in [0.25, 0.3) is 0 Å². The van der Waals surface area contributed by atoms with Crippen LogP contribution in [0.3, 0.4) is 0 Å². The molecule has 21 heavy (non-hydrogen) atoms. The predicted molar refractivity (Wildman–Crippen MR) is 83.8 cm³/mol. The first kappa shape index (κ1) is 14.1. The van der Waals surface area contributed by atoms with Gasteiger partial charge in [-0.05, 0) is 18.6 Å². The van der Waals surface area contributed by atoms with E-state index in [1.165, 1.54) is 0 Å². The van der Waals surface area contributed by atoms with E-state index in [4.69, 9.17) is 4.52 Å². The molecule has 2 heterocycles. The molecule has 2 aromatic rings. The number of benzene rings is 1. The van der Waals surface area contributed by atoms with Crippen molar-refractivity contribution in [3.63, 3.8) is 0 Å². The lowest BCUT2D eigenvalue weighted by Gasteiger charge is -2.25. The van der Waals surface area contributed by atoms with Gasteiger partial charge in [-0.1, -0.05) is 33.2 Å². The minimum Gasteiger partial charge on any atom is -0.347 e. The highest BCUT2D eigenvalue weighted by atomic mass is 79.9. The zero-order valence-corrected chi connectivity index (χ0v) is 13.3. The van der Waals surface area contributed by atoms with E-state index in [1.807, 2.05) is 31.3 Å². The Balaban J connectivity index is 1.67. The molecule has 7 heteroatoms. The summed E-state index contributed by atoms with van der Waals surface area (Å²) in [5.41, 5.74) is 0.923. The van der Waals surface area contributed by atoms with Crippen LogP contribution in [0.25, 0.3) is 11.4 Å². The molecule has 0 radical (unpaired) electrons. The molecule has 3 rings (SSSR count). The van der Waals surface area contributed by atoms with Crippen LogP contribution in [0.15, 0.2) is 38.3 Å². The molecule has 110 valence electrons. The SMILES string of the molecule is CN1CCCN=C1NCc1nc(-c2cccc(Br)c2)no1. The first-order valence-corrected chi connectivity index (χ1v) is 7.59. The van der Waals surface area contributed by atoms with E-state index in [9.17, 15) is 0 Å². The summed E-state index contributed by atoms with van der Waals surface area (Å²) in [7, 11) is 2.02. The van der Waals surface area contributed by atoms with Gasteiger partial charge in [-0.15, -0.1) is 0 Å². The maximum Gasteiger partial charge on any atom is 0.246 e. The van der Waals surface area contributed by atoms with Crippen molar-refractivity contribution in [2.24, 2.45) is 4.99 Å². The van der Waals surface area contributed by atoms with E-state index in [-0.39, 0.29) is 0 Å². The maximum absolute atomic E-state index is 5.27. The molecule has 1 aliphatic heterocycles. The molecular weight excluding hydrogens is 334 g/mol. The Labute approximate surface area is 131 Å². The number of rotatable bonds is 3. The van der Waals surface area contributed by atoms with E-state index in [0.29, 0.717) is 18.3 Å². The standard InChI is InChI=1S/C14H16BrN5O/c1-20-7-3-6-16-14(20)17-9-12-18-13(19-21-12)10-4-2-5-11(15)8-10/h2,4-5,8H,3,6-7,9H2,1H3,(H,16,17). The van der Waals surface area contributed by atoms with Gasteiger partial charge in [0.1, 0.15) is 0 Å². The van der Waals surface area contributed by atoms with Crippen LogP contribution in [-0.2, 0) is 6.54 Å². The molecule has 0 unspecified atom stereocenters. The fourth-order valence-corrected chi connectivity index (χ4v) is 2.54. The van der Waals surface area contributed by atoms with Gasteiger partial charge in [0.05, 0.1) is 6.54 Å². The average Bonchev–Trinajstić information content (AvgIpc) is 2.95. The van der Waals surface area contributed by atoms with Gasteiger partial charge in [0.15, 0.2) is 5.96 Å². The van der Waals surface area contributed by atoms with E-state index < -0.39 is 0 Å². The van der Waals surface area contributed by atoms with E-state index in [2.05, 4.69) is 41.3 Å². The van der Waals surface area contributed by atoms with Gasteiger partial charge in [-0.25, -0.2) is 0 Å². The molecule has 0 aliphatic carbocycles. The normalized spacial score (nSPS) is 15.0. The Bertz CT molecular complexity index is 654. The van der Waals surface area contributed by atoms with Crippen molar-refractivity contribution < 1.29 is 4.52 Å². The number of nitrogens with zero attached hydrogens (tertiary/aromatic N) is 4. The number of nitrogens with one attached hydrogen (secondary N) is 1. The lowest BCUT2D eigenvalue weighted by Crippen LogP contribution is -2.41. The van der Waals surface area contributed by atoms with E-state index in [1.54, 1.807) is 0 Å². The summed E-state index contributed by atoms with van der Waals surface area (Å²) in [5.74, 6) is 2.02. The molecule has 0 saturated heterocycles. The monoisotopic (exact) mass is 349 g/mol. The number of hydrogen-bond acceptors (Lipinski definition) is 6. The van der Waals surface area contributed by atoms with Crippen LogP contribution in [-0.4, -0.2) is 41.1 Å². The second-order valence-electron chi connectivity index (χ2n) is 4.86. The Morgan fingerprint density at radius 1 is 1.43 bits per heavy atom. The van der Waals surface area contributed by atoms with Gasteiger partial charge >= 0.3 is 0 Å². The molecular formula is C14H16BrN5O. The number of guanidine groups is 1. The van der Waals surface area contributed by atoms with Crippen LogP contribution in [0.5, 0.6) is 0 Å². The summed E-state index contributed by atoms with van der Waals surface area (Å²) >= 11 is 3.44. The van der Waals surface area contributed by atoms with Crippen molar-refractivity contribution in [3.8, 4) is 11.4 Å². The van der Waals surface area contributed by atoms with Gasteiger partial charge < -0.3 is 14.7 Å². The summed E-state index contributed by atoms with van der Waals surface area (Å²) < 4.78 is 6.26. The fourth-order valence-electron chi connectivity index (χ4n) is 2.14. The number of hydrogen-bond donors (Lipinski definition) is 1. The third-order valence-corrected chi connectivity index (χ3v) is 3.72. The number of aliphatic imine (C=N–C) groups is 1. The van der Waals surface area contributed by atoms with Crippen molar-refractivity contribution >= 4 is 21.9 Å². The second kappa shape index (κ2) is 6.26. The highest BCUT2D eigenvalue weighted by Gasteiger charge is 2.13. The van der Waals surface area contributed by atoms with Gasteiger partial charge in [0.2, 0.25) is 11.7 Å². The van der Waals surface area contributed by atoms with Crippen LogP contribution in [0.4, 0.5) is 0 Å². The highest BCUT2D eigenvalue weighted by molar-refractivity contribution is 9.10. The molecule has 1 N–H and O–H groups in total. The van der Waals surface area contributed by atoms with Crippen molar-refractivity contribution in [2.75, 3.05) is 20.1 Å². The van der Waals surface area contributed by atoms with E-state index in [0.717, 1.165) is 35.5 Å². The van der Waals surface area contributed by atoms with E-state index >= 15 is 0 Å². The molecule has 0 spiro atoms. The van der Waals surface area contributed by atoms with Crippen molar-refractivity contribution in [1.82, 2.24) is 20.4 Å². The maximum atomic E-state index is 5.27.